The molecule has 0 spiro atoms. The van der Waals surface area contributed by atoms with Gasteiger partial charge in [0.15, 0.2) is 0 Å². The van der Waals surface area contributed by atoms with Gasteiger partial charge in [0.05, 0.1) is 11.1 Å². The van der Waals surface area contributed by atoms with Crippen molar-refractivity contribution in [2.75, 3.05) is 0 Å². The number of nitrogens with one attached hydrogen (secondary N) is 1. The average Bonchev–Trinajstić information content (AvgIpc) is 2.69. The molecule has 0 amide bonds. The normalized spacial score (nSPS) is 20.2. The summed E-state index contributed by atoms with van der Waals surface area (Å²) in [5, 5.41) is 6.42. The minimum Gasteiger partial charge on any atom is -0.489 e. The van der Waals surface area contributed by atoms with E-state index in [2.05, 4.69) is 21.4 Å². The summed E-state index contributed by atoms with van der Waals surface area (Å²) in [5.41, 5.74) is 1.23. The second-order valence-corrected chi connectivity index (χ2v) is 7.25. The molecule has 4 rings (SSSR count). The molecule has 0 bridgehead atoms. The molecule has 0 radical (unpaired) electrons. The predicted octanol–water partition coefficient (Wildman–Crippen LogP) is 4.76. The molecule has 1 aliphatic carbocycles. The van der Waals surface area contributed by atoms with Crippen LogP contribution in [-0.4, -0.2) is 22.1 Å². The van der Waals surface area contributed by atoms with Crippen LogP contribution < -0.4 is 10.1 Å². The number of hydrogen-bond donors (Lipinski definition) is 1. The summed E-state index contributed by atoms with van der Waals surface area (Å²) in [6.07, 6.45) is 11.9. The molecular weight excluding hydrogens is 346 g/mol. The van der Waals surface area contributed by atoms with E-state index < -0.39 is 0 Å². The monoisotopic (exact) mass is 367 g/mol. The summed E-state index contributed by atoms with van der Waals surface area (Å²) in [7, 11) is 0. The second-order valence-electron chi connectivity index (χ2n) is 6.84. The lowest BCUT2D eigenvalue weighted by molar-refractivity contribution is 0.139. The van der Waals surface area contributed by atoms with Gasteiger partial charge in [0.1, 0.15) is 5.75 Å². The topological polar surface area (TPSA) is 47.0 Å². The summed E-state index contributed by atoms with van der Waals surface area (Å²) in [6, 6.07) is 10.6. The molecule has 134 valence electrons. The van der Waals surface area contributed by atoms with E-state index in [1.807, 2.05) is 36.7 Å². The van der Waals surface area contributed by atoms with Crippen LogP contribution in [0.4, 0.5) is 0 Å². The van der Waals surface area contributed by atoms with Gasteiger partial charge in [0.25, 0.3) is 0 Å². The molecule has 1 aliphatic rings. The molecule has 1 N–H and O–H groups in total. The van der Waals surface area contributed by atoms with Crippen LogP contribution in [-0.2, 0) is 6.54 Å². The van der Waals surface area contributed by atoms with E-state index in [4.69, 9.17) is 16.3 Å². The number of fused-ring (bicyclic) bond motifs is 1. The number of rotatable bonds is 5. The molecule has 0 saturated heterocycles. The number of nitrogens with zero attached hydrogens (tertiary/aromatic N) is 2. The Hall–Kier alpha value is -2.17. The zero-order valence-electron chi connectivity index (χ0n) is 14.6. The van der Waals surface area contributed by atoms with Crippen molar-refractivity contribution < 1.29 is 4.74 Å². The molecule has 2 aromatic heterocycles. The van der Waals surface area contributed by atoms with E-state index in [9.17, 15) is 0 Å². The summed E-state index contributed by atoms with van der Waals surface area (Å²) in [4.78, 5) is 8.30. The largest absolute Gasteiger partial charge is 0.489 e. The first kappa shape index (κ1) is 17.3. The van der Waals surface area contributed by atoms with Crippen molar-refractivity contribution in [3.05, 3.63) is 65.7 Å². The van der Waals surface area contributed by atoms with Crippen LogP contribution in [0.3, 0.4) is 0 Å². The highest BCUT2D eigenvalue weighted by molar-refractivity contribution is 6.32. The van der Waals surface area contributed by atoms with Gasteiger partial charge in [-0.15, -0.1) is 0 Å². The standard InChI is InChI=1S/C21H22ClN3O/c22-20-10-17-14-24-9-7-16(17)11-21(20)26-19-5-3-18(4-6-19)25-13-15-2-1-8-23-12-15/h1-2,7-12,14,18-19,25H,3-6,13H2. The van der Waals surface area contributed by atoms with E-state index >= 15 is 0 Å². The van der Waals surface area contributed by atoms with Crippen LogP contribution in [0.1, 0.15) is 31.2 Å². The van der Waals surface area contributed by atoms with E-state index in [0.717, 1.165) is 48.8 Å². The first-order chi connectivity index (χ1) is 12.8. The third-order valence-corrected chi connectivity index (χ3v) is 5.27. The van der Waals surface area contributed by atoms with Gasteiger partial charge < -0.3 is 10.1 Å². The Morgan fingerprint density at radius 2 is 1.85 bits per heavy atom. The van der Waals surface area contributed by atoms with Crippen molar-refractivity contribution in [2.24, 2.45) is 0 Å². The molecule has 1 saturated carbocycles. The lowest BCUT2D eigenvalue weighted by atomic mass is 9.92. The molecule has 3 aromatic rings. The third kappa shape index (κ3) is 4.14. The first-order valence-electron chi connectivity index (χ1n) is 9.10. The number of aromatic nitrogens is 2. The Labute approximate surface area is 158 Å². The minimum absolute atomic E-state index is 0.225. The average molecular weight is 368 g/mol. The number of ether oxygens (including phenoxy) is 1. The zero-order valence-corrected chi connectivity index (χ0v) is 15.3. The summed E-state index contributed by atoms with van der Waals surface area (Å²) >= 11 is 6.40. The minimum atomic E-state index is 0.225. The summed E-state index contributed by atoms with van der Waals surface area (Å²) in [5.74, 6) is 0.775. The number of halogens is 1. The van der Waals surface area contributed by atoms with E-state index in [1.165, 1.54) is 5.56 Å². The fraction of sp³-hybridized carbons (Fsp3) is 0.333. The van der Waals surface area contributed by atoms with Crippen LogP contribution >= 0.6 is 11.6 Å². The maximum absolute atomic E-state index is 6.40. The maximum atomic E-state index is 6.40. The van der Waals surface area contributed by atoms with Gasteiger partial charge in [-0.25, -0.2) is 0 Å². The molecule has 26 heavy (non-hydrogen) atoms. The predicted molar refractivity (Wildman–Crippen MR) is 105 cm³/mol. The van der Waals surface area contributed by atoms with Crippen molar-refractivity contribution in [3.63, 3.8) is 0 Å². The molecule has 1 aromatic carbocycles. The highest BCUT2D eigenvalue weighted by atomic mass is 35.5. The lowest BCUT2D eigenvalue weighted by Gasteiger charge is -2.30. The second kappa shape index (κ2) is 8.02. The molecule has 5 heteroatoms. The third-order valence-electron chi connectivity index (χ3n) is 4.98. The van der Waals surface area contributed by atoms with Crippen LogP contribution in [0.5, 0.6) is 5.75 Å². The van der Waals surface area contributed by atoms with Gasteiger partial charge >= 0.3 is 0 Å². The molecule has 2 heterocycles. The van der Waals surface area contributed by atoms with Gasteiger partial charge in [-0.2, -0.15) is 0 Å². The Kier molecular flexibility index (Phi) is 5.32. The Balaban J connectivity index is 1.32. The van der Waals surface area contributed by atoms with Crippen LogP contribution in [0.2, 0.25) is 5.02 Å². The SMILES string of the molecule is Clc1cc2cnccc2cc1OC1CCC(NCc2cccnc2)CC1. The van der Waals surface area contributed by atoms with Crippen molar-refractivity contribution in [1.29, 1.82) is 0 Å². The molecular formula is C21H22ClN3O. The fourth-order valence-corrected chi connectivity index (χ4v) is 3.72. The molecule has 0 unspecified atom stereocenters. The zero-order chi connectivity index (χ0) is 17.8. The lowest BCUT2D eigenvalue weighted by Crippen LogP contribution is -2.36. The van der Waals surface area contributed by atoms with E-state index in [0.29, 0.717) is 11.1 Å². The van der Waals surface area contributed by atoms with Gasteiger partial charge in [0.2, 0.25) is 0 Å². The summed E-state index contributed by atoms with van der Waals surface area (Å²) < 4.78 is 6.22. The molecule has 4 nitrogen and oxygen atoms in total. The Morgan fingerprint density at radius 1 is 1.00 bits per heavy atom. The first-order valence-corrected chi connectivity index (χ1v) is 9.48. The van der Waals surface area contributed by atoms with Crippen molar-refractivity contribution in [3.8, 4) is 5.75 Å². The highest BCUT2D eigenvalue weighted by Gasteiger charge is 2.23. The quantitative estimate of drug-likeness (QED) is 0.706. The van der Waals surface area contributed by atoms with Gasteiger partial charge in [-0.1, -0.05) is 17.7 Å². The maximum Gasteiger partial charge on any atom is 0.138 e. The molecule has 0 aliphatic heterocycles. The number of benzene rings is 1. The van der Waals surface area contributed by atoms with Gasteiger partial charge in [-0.05, 0) is 60.9 Å². The van der Waals surface area contributed by atoms with Gasteiger partial charge in [0, 0.05) is 42.8 Å². The fourth-order valence-electron chi connectivity index (χ4n) is 3.51. The van der Waals surface area contributed by atoms with E-state index in [1.54, 1.807) is 12.4 Å². The van der Waals surface area contributed by atoms with Crippen molar-refractivity contribution in [2.45, 2.75) is 44.4 Å². The molecule has 0 atom stereocenters. The molecule has 1 fully saturated rings. The highest BCUT2D eigenvalue weighted by Crippen LogP contribution is 2.32. The van der Waals surface area contributed by atoms with Crippen molar-refractivity contribution in [1.82, 2.24) is 15.3 Å². The van der Waals surface area contributed by atoms with Crippen LogP contribution in [0.15, 0.2) is 55.1 Å². The van der Waals surface area contributed by atoms with Crippen LogP contribution in [0.25, 0.3) is 10.8 Å². The number of hydrogen-bond acceptors (Lipinski definition) is 4. The van der Waals surface area contributed by atoms with Crippen molar-refractivity contribution >= 4 is 22.4 Å². The smallest absolute Gasteiger partial charge is 0.138 e. The number of pyridine rings is 2. The summed E-state index contributed by atoms with van der Waals surface area (Å²) in [6.45, 7) is 0.870. The Bertz CT molecular complexity index is 864. The van der Waals surface area contributed by atoms with E-state index in [-0.39, 0.29) is 6.10 Å². The van der Waals surface area contributed by atoms with Crippen LogP contribution in [0, 0.1) is 0 Å². The Morgan fingerprint density at radius 3 is 2.65 bits per heavy atom. The van der Waals surface area contributed by atoms with Gasteiger partial charge in [-0.3, -0.25) is 9.97 Å².